The molecule has 0 radical (unpaired) electrons. The van der Waals surface area contributed by atoms with Crippen molar-refractivity contribution in [3.63, 3.8) is 0 Å². The van der Waals surface area contributed by atoms with Crippen molar-refractivity contribution in [1.82, 2.24) is 15.1 Å². The van der Waals surface area contributed by atoms with E-state index >= 15 is 0 Å². The molecule has 0 bridgehead atoms. The zero-order valence-electron chi connectivity index (χ0n) is 14.1. The molecule has 3 aromatic rings. The van der Waals surface area contributed by atoms with Gasteiger partial charge in [-0.3, -0.25) is 9.89 Å². The molecule has 2 aromatic carbocycles. The second kappa shape index (κ2) is 7.32. The molecule has 132 valence electrons. The summed E-state index contributed by atoms with van der Waals surface area (Å²) in [4.78, 5) is 14.8. The Morgan fingerprint density at radius 2 is 2.04 bits per heavy atom. The van der Waals surface area contributed by atoms with Crippen molar-refractivity contribution >= 4 is 17.5 Å². The van der Waals surface area contributed by atoms with E-state index < -0.39 is 0 Å². The summed E-state index contributed by atoms with van der Waals surface area (Å²) in [5.41, 5.74) is 3.62. The van der Waals surface area contributed by atoms with Gasteiger partial charge in [-0.15, -0.1) is 0 Å². The number of halogens is 1. The summed E-state index contributed by atoms with van der Waals surface area (Å²) >= 11 is 5.95. The Morgan fingerprint density at radius 3 is 2.81 bits per heavy atom. The molecule has 1 aliphatic heterocycles. The van der Waals surface area contributed by atoms with E-state index in [1.54, 1.807) is 6.20 Å². The van der Waals surface area contributed by atoms with Gasteiger partial charge in [-0.1, -0.05) is 35.9 Å². The van der Waals surface area contributed by atoms with E-state index in [9.17, 15) is 4.79 Å². The summed E-state index contributed by atoms with van der Waals surface area (Å²) in [7, 11) is 0. The fourth-order valence-corrected chi connectivity index (χ4v) is 3.26. The molecule has 1 atom stereocenters. The van der Waals surface area contributed by atoms with Crippen LogP contribution in [0.4, 0.5) is 0 Å². The highest BCUT2D eigenvalue weighted by Crippen LogP contribution is 2.25. The third kappa shape index (κ3) is 3.49. The van der Waals surface area contributed by atoms with Gasteiger partial charge in [0.1, 0.15) is 6.10 Å². The number of carbonyl (C=O) groups is 1. The molecule has 2 heterocycles. The predicted octanol–water partition coefficient (Wildman–Crippen LogP) is 3.94. The number of carbonyl (C=O) groups excluding carboxylic acids is 1. The van der Waals surface area contributed by atoms with E-state index in [4.69, 9.17) is 16.3 Å². The van der Waals surface area contributed by atoms with Crippen molar-refractivity contribution in [2.24, 2.45) is 0 Å². The minimum Gasteiger partial charge on any atom is -0.370 e. The summed E-state index contributed by atoms with van der Waals surface area (Å²) < 4.78 is 5.85. The average Bonchev–Trinajstić information content (AvgIpc) is 3.23. The van der Waals surface area contributed by atoms with Gasteiger partial charge in [0.2, 0.25) is 0 Å². The number of ether oxygens (including phenoxy) is 1. The van der Waals surface area contributed by atoms with Crippen LogP contribution in [0.5, 0.6) is 0 Å². The smallest absolute Gasteiger partial charge is 0.254 e. The van der Waals surface area contributed by atoms with Gasteiger partial charge in [0, 0.05) is 28.9 Å². The second-order valence-corrected chi connectivity index (χ2v) is 6.67. The summed E-state index contributed by atoms with van der Waals surface area (Å²) in [6.45, 7) is 1.62. The highest BCUT2D eigenvalue weighted by molar-refractivity contribution is 6.30. The molecule has 0 unspecified atom stereocenters. The Bertz CT molecular complexity index is 894. The van der Waals surface area contributed by atoms with Crippen molar-refractivity contribution < 1.29 is 9.53 Å². The maximum Gasteiger partial charge on any atom is 0.254 e. The third-order valence-corrected chi connectivity index (χ3v) is 4.79. The van der Waals surface area contributed by atoms with E-state index in [1.165, 1.54) is 0 Å². The number of amides is 1. The molecule has 1 saturated heterocycles. The first-order valence-corrected chi connectivity index (χ1v) is 8.84. The first kappa shape index (κ1) is 16.8. The third-order valence-electron chi connectivity index (χ3n) is 4.54. The number of aromatic nitrogens is 2. The van der Waals surface area contributed by atoms with E-state index in [0.717, 1.165) is 16.7 Å². The lowest BCUT2D eigenvalue weighted by Gasteiger charge is -2.33. The van der Waals surface area contributed by atoms with Crippen LogP contribution in [0.1, 0.15) is 22.0 Å². The summed E-state index contributed by atoms with van der Waals surface area (Å²) in [6.07, 6.45) is 3.42. The van der Waals surface area contributed by atoms with Gasteiger partial charge in [-0.05, 0) is 35.4 Å². The highest BCUT2D eigenvalue weighted by Gasteiger charge is 2.26. The van der Waals surface area contributed by atoms with Gasteiger partial charge in [-0.25, -0.2) is 0 Å². The van der Waals surface area contributed by atoms with E-state index in [-0.39, 0.29) is 12.0 Å². The molecule has 5 nitrogen and oxygen atoms in total. The Balaban J connectivity index is 1.52. The lowest BCUT2D eigenvalue weighted by Crippen LogP contribution is -2.42. The first-order chi connectivity index (χ1) is 12.7. The summed E-state index contributed by atoms with van der Waals surface area (Å²) in [5.74, 6) is 0.0117. The molecule has 0 spiro atoms. The molecule has 0 saturated carbocycles. The molecule has 1 N–H and O–H groups in total. The monoisotopic (exact) mass is 367 g/mol. The minimum atomic E-state index is -0.137. The molecule has 4 rings (SSSR count). The van der Waals surface area contributed by atoms with Gasteiger partial charge in [0.15, 0.2) is 0 Å². The molecule has 6 heteroatoms. The van der Waals surface area contributed by atoms with Crippen molar-refractivity contribution in [3.8, 4) is 11.1 Å². The Hall–Kier alpha value is -2.63. The topological polar surface area (TPSA) is 58.2 Å². The highest BCUT2D eigenvalue weighted by atomic mass is 35.5. The van der Waals surface area contributed by atoms with Crippen LogP contribution in [-0.4, -0.2) is 40.7 Å². The van der Waals surface area contributed by atoms with Gasteiger partial charge in [-0.2, -0.15) is 5.10 Å². The number of aromatic amines is 1. The predicted molar refractivity (Wildman–Crippen MR) is 100 cm³/mol. The largest absolute Gasteiger partial charge is 0.370 e. The van der Waals surface area contributed by atoms with Crippen molar-refractivity contribution in [2.45, 2.75) is 6.10 Å². The number of rotatable bonds is 3. The minimum absolute atomic E-state index is 0.0117. The van der Waals surface area contributed by atoms with Gasteiger partial charge in [0.05, 0.1) is 19.3 Å². The number of hydrogen-bond acceptors (Lipinski definition) is 3. The lowest BCUT2D eigenvalue weighted by atomic mass is 10.0. The molecule has 1 fully saturated rings. The van der Waals surface area contributed by atoms with Crippen LogP contribution in [0.15, 0.2) is 60.9 Å². The molecule has 26 heavy (non-hydrogen) atoms. The summed E-state index contributed by atoms with van der Waals surface area (Å²) in [6, 6.07) is 15.2. The zero-order valence-corrected chi connectivity index (χ0v) is 14.8. The maximum absolute atomic E-state index is 13.0. The Morgan fingerprint density at radius 1 is 1.19 bits per heavy atom. The van der Waals surface area contributed by atoms with E-state index in [0.29, 0.717) is 30.3 Å². The number of benzene rings is 2. The van der Waals surface area contributed by atoms with E-state index in [1.807, 2.05) is 59.6 Å². The van der Waals surface area contributed by atoms with Crippen molar-refractivity contribution in [1.29, 1.82) is 0 Å². The Kier molecular flexibility index (Phi) is 4.73. The fourth-order valence-electron chi connectivity index (χ4n) is 3.14. The molecule has 1 amide bonds. The quantitative estimate of drug-likeness (QED) is 0.762. The molecule has 1 aromatic heterocycles. The van der Waals surface area contributed by atoms with Crippen LogP contribution < -0.4 is 0 Å². The average molecular weight is 368 g/mol. The molecular formula is C20H18ClN3O2. The van der Waals surface area contributed by atoms with Crippen molar-refractivity contribution in [3.05, 3.63) is 77.1 Å². The fraction of sp³-hybridized carbons (Fsp3) is 0.200. The maximum atomic E-state index is 13.0. The van der Waals surface area contributed by atoms with E-state index in [2.05, 4.69) is 10.2 Å². The second-order valence-electron chi connectivity index (χ2n) is 6.23. The first-order valence-electron chi connectivity index (χ1n) is 8.46. The number of H-pyrrole nitrogens is 1. The number of nitrogens with one attached hydrogen (secondary N) is 1. The van der Waals surface area contributed by atoms with Gasteiger partial charge < -0.3 is 9.64 Å². The van der Waals surface area contributed by atoms with Crippen LogP contribution in [0.3, 0.4) is 0 Å². The number of nitrogens with zero attached hydrogens (tertiary/aromatic N) is 2. The normalized spacial score (nSPS) is 17.3. The van der Waals surface area contributed by atoms with Crippen LogP contribution in [-0.2, 0) is 4.74 Å². The molecular weight excluding hydrogens is 350 g/mol. The molecule has 1 aliphatic rings. The van der Waals surface area contributed by atoms with Crippen LogP contribution in [0.2, 0.25) is 5.02 Å². The van der Waals surface area contributed by atoms with Gasteiger partial charge >= 0.3 is 0 Å². The number of morpholine rings is 1. The SMILES string of the molecule is O=C(c1cccc(-c2cn[nH]c2)c1)N1CCO[C@H](c2ccc(Cl)cc2)C1. The van der Waals surface area contributed by atoms with Gasteiger partial charge in [0.25, 0.3) is 5.91 Å². The van der Waals surface area contributed by atoms with Crippen LogP contribution >= 0.6 is 11.6 Å². The number of hydrogen-bond donors (Lipinski definition) is 1. The van der Waals surface area contributed by atoms with Crippen LogP contribution in [0.25, 0.3) is 11.1 Å². The summed E-state index contributed by atoms with van der Waals surface area (Å²) in [5, 5.41) is 7.45. The Labute approximate surface area is 156 Å². The molecule has 0 aliphatic carbocycles. The standard InChI is InChI=1S/C20H18ClN3O2/c21-18-6-4-14(5-7-18)19-13-24(8-9-26-19)20(25)16-3-1-2-15(10-16)17-11-22-23-12-17/h1-7,10-12,19H,8-9,13H2,(H,22,23)/t19-/m0/s1. The lowest BCUT2D eigenvalue weighted by molar-refractivity contribution is -0.0228. The van der Waals surface area contributed by atoms with Crippen molar-refractivity contribution in [2.75, 3.05) is 19.7 Å². The zero-order chi connectivity index (χ0) is 17.9. The van der Waals surface area contributed by atoms with Crippen LogP contribution in [0, 0.1) is 0 Å².